The summed E-state index contributed by atoms with van der Waals surface area (Å²) < 4.78 is 46.1. The number of nitrogens with one attached hydrogen (secondary N) is 1. The third kappa shape index (κ3) is 5.29. The molecule has 28 heavy (non-hydrogen) atoms. The molecular formula is C19H24N2O6S. The van der Waals surface area contributed by atoms with Gasteiger partial charge in [-0.15, -0.1) is 0 Å². The van der Waals surface area contributed by atoms with E-state index >= 15 is 0 Å². The Morgan fingerprint density at radius 3 is 2.18 bits per heavy atom. The second-order valence-electron chi connectivity index (χ2n) is 5.44. The van der Waals surface area contributed by atoms with E-state index in [1.54, 1.807) is 18.2 Å². The number of methoxy groups -OCH3 is 2. The third-order valence-corrected chi connectivity index (χ3v) is 4.84. The monoisotopic (exact) mass is 408 g/mol. The molecule has 2 aromatic carbocycles. The molecule has 2 aromatic rings. The molecule has 0 radical (unpaired) electrons. The SMILES string of the molecule is CCOc1ccc(/C=N/NS(=O)(=O)c2ccc(OC)c(OC)c2)cc1OCC. The number of hydrogen-bond acceptors (Lipinski definition) is 7. The van der Waals surface area contributed by atoms with E-state index in [-0.39, 0.29) is 4.90 Å². The van der Waals surface area contributed by atoms with Crippen LogP contribution in [0.15, 0.2) is 46.4 Å². The summed E-state index contributed by atoms with van der Waals surface area (Å²) in [5, 5.41) is 3.83. The first kappa shape index (κ1) is 21.4. The summed E-state index contributed by atoms with van der Waals surface area (Å²) >= 11 is 0. The van der Waals surface area contributed by atoms with Gasteiger partial charge in [-0.1, -0.05) is 0 Å². The Balaban J connectivity index is 2.18. The molecule has 0 heterocycles. The van der Waals surface area contributed by atoms with E-state index in [2.05, 4.69) is 9.93 Å². The molecule has 0 amide bonds. The Hall–Kier alpha value is -2.94. The van der Waals surface area contributed by atoms with Gasteiger partial charge in [-0.3, -0.25) is 0 Å². The van der Waals surface area contributed by atoms with Crippen molar-refractivity contribution in [3.8, 4) is 23.0 Å². The molecule has 9 heteroatoms. The van der Waals surface area contributed by atoms with Crippen LogP contribution in [-0.4, -0.2) is 42.1 Å². The molecule has 0 saturated heterocycles. The van der Waals surface area contributed by atoms with E-state index in [9.17, 15) is 8.42 Å². The van der Waals surface area contributed by atoms with Gasteiger partial charge < -0.3 is 18.9 Å². The molecule has 152 valence electrons. The number of nitrogens with zero attached hydrogens (tertiary/aromatic N) is 1. The Labute approximate surface area is 165 Å². The predicted molar refractivity (Wildman–Crippen MR) is 106 cm³/mol. The van der Waals surface area contributed by atoms with E-state index in [0.717, 1.165) is 0 Å². The van der Waals surface area contributed by atoms with Crippen LogP contribution in [0.3, 0.4) is 0 Å². The van der Waals surface area contributed by atoms with Crippen molar-refractivity contribution in [2.45, 2.75) is 18.7 Å². The summed E-state index contributed by atoms with van der Waals surface area (Å²) in [7, 11) is -0.958. The number of sulfonamides is 1. The minimum absolute atomic E-state index is 0.00370. The topological polar surface area (TPSA) is 95.5 Å². The minimum atomic E-state index is -3.86. The van der Waals surface area contributed by atoms with Crippen molar-refractivity contribution in [1.82, 2.24) is 4.83 Å². The number of benzene rings is 2. The van der Waals surface area contributed by atoms with E-state index in [4.69, 9.17) is 18.9 Å². The average molecular weight is 408 g/mol. The fourth-order valence-electron chi connectivity index (χ4n) is 2.35. The fraction of sp³-hybridized carbons (Fsp3) is 0.316. The average Bonchev–Trinajstić information content (AvgIpc) is 2.69. The van der Waals surface area contributed by atoms with Crippen LogP contribution in [0.5, 0.6) is 23.0 Å². The van der Waals surface area contributed by atoms with Crippen molar-refractivity contribution in [2.24, 2.45) is 5.10 Å². The first-order chi connectivity index (χ1) is 13.4. The largest absolute Gasteiger partial charge is 0.493 e. The first-order valence-corrected chi connectivity index (χ1v) is 10.1. The predicted octanol–water partition coefficient (Wildman–Crippen LogP) is 2.81. The van der Waals surface area contributed by atoms with Crippen LogP contribution in [0.4, 0.5) is 0 Å². The molecule has 0 aromatic heterocycles. The second kappa shape index (κ2) is 9.84. The highest BCUT2D eigenvalue weighted by atomic mass is 32.2. The Kier molecular flexibility index (Phi) is 7.51. The molecule has 1 N–H and O–H groups in total. The standard InChI is InChI=1S/C19H24N2O6S/c1-5-26-17-9-7-14(11-19(17)27-6-2)13-20-21-28(22,23)15-8-10-16(24-3)18(12-15)25-4/h7-13,21H,5-6H2,1-4H3/b20-13+. The highest BCUT2D eigenvalue weighted by Crippen LogP contribution is 2.29. The van der Waals surface area contributed by atoms with Gasteiger partial charge in [0.1, 0.15) is 0 Å². The molecule has 8 nitrogen and oxygen atoms in total. The van der Waals surface area contributed by atoms with Crippen molar-refractivity contribution in [3.63, 3.8) is 0 Å². The zero-order valence-corrected chi connectivity index (χ0v) is 17.1. The van der Waals surface area contributed by atoms with Crippen LogP contribution in [0.2, 0.25) is 0 Å². The maximum atomic E-state index is 12.4. The number of hydrogen-bond donors (Lipinski definition) is 1. The molecule has 0 spiro atoms. The van der Waals surface area contributed by atoms with Crippen molar-refractivity contribution >= 4 is 16.2 Å². The molecule has 0 fully saturated rings. The van der Waals surface area contributed by atoms with Gasteiger partial charge in [0.25, 0.3) is 10.0 Å². The summed E-state index contributed by atoms with van der Waals surface area (Å²) in [5.41, 5.74) is 0.655. The smallest absolute Gasteiger partial charge is 0.276 e. The van der Waals surface area contributed by atoms with Gasteiger partial charge in [-0.05, 0) is 49.7 Å². The van der Waals surface area contributed by atoms with Crippen LogP contribution >= 0.6 is 0 Å². The summed E-state index contributed by atoms with van der Waals surface area (Å²) in [6.45, 7) is 4.74. The lowest BCUT2D eigenvalue weighted by molar-refractivity contribution is 0.288. The van der Waals surface area contributed by atoms with Gasteiger partial charge in [0.15, 0.2) is 23.0 Å². The Morgan fingerprint density at radius 2 is 1.54 bits per heavy atom. The van der Waals surface area contributed by atoms with Gasteiger partial charge in [0, 0.05) is 6.07 Å². The zero-order valence-electron chi connectivity index (χ0n) is 16.3. The lowest BCUT2D eigenvalue weighted by Crippen LogP contribution is -2.18. The van der Waals surface area contributed by atoms with Crippen LogP contribution in [0.1, 0.15) is 19.4 Å². The highest BCUT2D eigenvalue weighted by Gasteiger charge is 2.16. The lowest BCUT2D eigenvalue weighted by atomic mass is 10.2. The highest BCUT2D eigenvalue weighted by molar-refractivity contribution is 7.89. The van der Waals surface area contributed by atoms with Crippen molar-refractivity contribution in [2.75, 3.05) is 27.4 Å². The molecule has 0 aliphatic heterocycles. The van der Waals surface area contributed by atoms with Gasteiger partial charge >= 0.3 is 0 Å². The maximum Gasteiger partial charge on any atom is 0.276 e. The van der Waals surface area contributed by atoms with Crippen LogP contribution in [-0.2, 0) is 10.0 Å². The molecular weight excluding hydrogens is 384 g/mol. The Bertz CT molecular complexity index is 928. The zero-order chi connectivity index (χ0) is 20.6. The Morgan fingerprint density at radius 1 is 0.893 bits per heavy atom. The van der Waals surface area contributed by atoms with E-state index in [1.165, 1.54) is 38.6 Å². The summed E-state index contributed by atoms with van der Waals surface area (Å²) in [6.07, 6.45) is 1.39. The first-order valence-electron chi connectivity index (χ1n) is 8.61. The van der Waals surface area contributed by atoms with Crippen molar-refractivity contribution < 1.29 is 27.4 Å². The lowest BCUT2D eigenvalue weighted by Gasteiger charge is -2.11. The molecule has 0 saturated carbocycles. The quantitative estimate of drug-likeness (QED) is 0.480. The van der Waals surface area contributed by atoms with Crippen molar-refractivity contribution in [3.05, 3.63) is 42.0 Å². The van der Waals surface area contributed by atoms with E-state index < -0.39 is 10.0 Å². The fourth-order valence-corrected chi connectivity index (χ4v) is 3.16. The van der Waals surface area contributed by atoms with Crippen molar-refractivity contribution in [1.29, 1.82) is 0 Å². The second-order valence-corrected chi connectivity index (χ2v) is 7.10. The summed E-state index contributed by atoms with van der Waals surface area (Å²) in [6, 6.07) is 9.51. The molecule has 0 bridgehead atoms. The third-order valence-electron chi connectivity index (χ3n) is 3.62. The maximum absolute atomic E-state index is 12.4. The number of hydrazone groups is 1. The molecule has 0 aliphatic rings. The van der Waals surface area contributed by atoms with Gasteiger partial charge in [-0.2, -0.15) is 13.5 Å². The number of rotatable bonds is 10. The number of ether oxygens (including phenoxy) is 4. The van der Waals surface area contributed by atoms with Gasteiger partial charge in [-0.25, -0.2) is 4.83 Å². The molecule has 0 unspecified atom stereocenters. The van der Waals surface area contributed by atoms with Gasteiger partial charge in [0.05, 0.1) is 38.5 Å². The van der Waals surface area contributed by atoms with Crippen LogP contribution < -0.4 is 23.8 Å². The van der Waals surface area contributed by atoms with Crippen LogP contribution in [0, 0.1) is 0 Å². The van der Waals surface area contributed by atoms with Crippen LogP contribution in [0.25, 0.3) is 0 Å². The van der Waals surface area contributed by atoms with Gasteiger partial charge in [0.2, 0.25) is 0 Å². The normalized spacial score (nSPS) is 11.3. The summed E-state index contributed by atoms with van der Waals surface area (Å²) in [5.74, 6) is 1.92. The summed E-state index contributed by atoms with van der Waals surface area (Å²) in [4.78, 5) is 2.18. The van der Waals surface area contributed by atoms with E-state index in [0.29, 0.717) is 41.8 Å². The molecule has 2 rings (SSSR count). The molecule has 0 atom stereocenters. The minimum Gasteiger partial charge on any atom is -0.493 e. The van der Waals surface area contributed by atoms with E-state index in [1.807, 2.05) is 13.8 Å². The molecule has 0 aliphatic carbocycles.